The molecular weight excluding hydrogens is 316 g/mol. The van der Waals surface area contributed by atoms with Crippen LogP contribution in [0.5, 0.6) is 0 Å². The first-order valence-corrected chi connectivity index (χ1v) is 7.26. The van der Waals surface area contributed by atoms with E-state index in [4.69, 9.17) is 0 Å². The van der Waals surface area contributed by atoms with Gasteiger partial charge in [0.05, 0.1) is 17.4 Å². The third-order valence-corrected chi connectivity index (χ3v) is 3.79. The number of likely N-dealkylation sites (N-methyl/N-ethyl adjacent to an activating group) is 1. The van der Waals surface area contributed by atoms with Crippen LogP contribution in [-0.4, -0.2) is 28.5 Å². The van der Waals surface area contributed by atoms with Crippen molar-refractivity contribution in [3.63, 3.8) is 0 Å². The van der Waals surface area contributed by atoms with Crippen molar-refractivity contribution in [3.8, 4) is 0 Å². The lowest BCUT2D eigenvalue weighted by molar-refractivity contribution is 0.860. The molecule has 1 aromatic carbocycles. The fourth-order valence-electron chi connectivity index (χ4n) is 2.14. The van der Waals surface area contributed by atoms with Crippen LogP contribution < -0.4 is 4.90 Å². The maximum Gasteiger partial charge on any atom is 0.128 e. The molecule has 0 amide bonds. The van der Waals surface area contributed by atoms with Gasteiger partial charge in [-0.3, -0.25) is 0 Å². The highest BCUT2D eigenvalue weighted by Gasteiger charge is 2.04. The second-order valence-corrected chi connectivity index (χ2v) is 5.68. The van der Waals surface area contributed by atoms with Crippen molar-refractivity contribution in [2.24, 2.45) is 0 Å². The largest absolute Gasteiger partial charge is 0.359 e. The van der Waals surface area contributed by atoms with Crippen LogP contribution in [-0.2, 0) is 6.42 Å². The van der Waals surface area contributed by atoms with Crippen molar-refractivity contribution in [3.05, 3.63) is 52.9 Å². The lowest BCUT2D eigenvalue weighted by Gasteiger charge is -2.18. The Morgan fingerprint density at radius 2 is 2.10 bits per heavy atom. The van der Waals surface area contributed by atoms with Gasteiger partial charge in [0.2, 0.25) is 0 Å². The summed E-state index contributed by atoms with van der Waals surface area (Å²) < 4.78 is 0.999. The van der Waals surface area contributed by atoms with Gasteiger partial charge in [-0.1, -0.05) is 6.07 Å². The van der Waals surface area contributed by atoms with Crippen LogP contribution in [0.4, 0.5) is 5.82 Å². The van der Waals surface area contributed by atoms with E-state index in [0.717, 1.165) is 34.3 Å². The van der Waals surface area contributed by atoms with Crippen LogP contribution >= 0.6 is 15.9 Å². The van der Waals surface area contributed by atoms with Gasteiger partial charge < -0.3 is 9.88 Å². The molecule has 0 saturated carbocycles. The summed E-state index contributed by atoms with van der Waals surface area (Å²) in [4.78, 5) is 13.9. The Morgan fingerprint density at radius 1 is 1.20 bits per heavy atom. The van der Waals surface area contributed by atoms with Gasteiger partial charge in [0.1, 0.15) is 5.82 Å². The summed E-state index contributed by atoms with van der Waals surface area (Å²) in [7, 11) is 2.06. The SMILES string of the molecule is CN(CCc1ccc2nc[nH]c2c1)c1ccc(Br)cn1. The molecule has 102 valence electrons. The van der Waals surface area contributed by atoms with E-state index in [1.807, 2.05) is 18.3 Å². The van der Waals surface area contributed by atoms with Crippen LogP contribution in [0.15, 0.2) is 47.3 Å². The van der Waals surface area contributed by atoms with Gasteiger partial charge in [-0.25, -0.2) is 9.97 Å². The minimum Gasteiger partial charge on any atom is -0.359 e. The highest BCUT2D eigenvalue weighted by Crippen LogP contribution is 2.15. The van der Waals surface area contributed by atoms with Crippen molar-refractivity contribution in [1.82, 2.24) is 15.0 Å². The quantitative estimate of drug-likeness (QED) is 0.797. The highest BCUT2D eigenvalue weighted by atomic mass is 79.9. The van der Waals surface area contributed by atoms with Gasteiger partial charge in [-0.2, -0.15) is 0 Å². The molecule has 5 heteroatoms. The lowest BCUT2D eigenvalue weighted by Crippen LogP contribution is -2.21. The molecule has 0 bridgehead atoms. The molecule has 20 heavy (non-hydrogen) atoms. The molecule has 1 N–H and O–H groups in total. The predicted octanol–water partition coefficient (Wildman–Crippen LogP) is 3.40. The fraction of sp³-hybridized carbons (Fsp3) is 0.200. The number of anilines is 1. The molecule has 3 rings (SSSR count). The molecule has 0 aliphatic heterocycles. The number of hydrogen-bond donors (Lipinski definition) is 1. The van der Waals surface area contributed by atoms with Crippen molar-refractivity contribution in [2.45, 2.75) is 6.42 Å². The fourth-order valence-corrected chi connectivity index (χ4v) is 2.38. The number of imidazole rings is 1. The molecule has 2 aromatic heterocycles. The number of nitrogens with zero attached hydrogens (tertiary/aromatic N) is 3. The minimum atomic E-state index is 0.925. The second kappa shape index (κ2) is 5.63. The number of halogens is 1. The van der Waals surface area contributed by atoms with Crippen molar-refractivity contribution < 1.29 is 0 Å². The Labute approximate surface area is 126 Å². The molecule has 0 saturated heterocycles. The summed E-state index contributed by atoms with van der Waals surface area (Å²) in [6.45, 7) is 0.925. The normalized spacial score (nSPS) is 10.9. The maximum atomic E-state index is 4.40. The number of rotatable bonds is 4. The molecular formula is C15H15BrN4. The number of benzene rings is 1. The average Bonchev–Trinajstić information content (AvgIpc) is 2.93. The maximum absolute atomic E-state index is 4.40. The molecule has 0 radical (unpaired) electrons. The van der Waals surface area contributed by atoms with Crippen LogP contribution in [0, 0.1) is 0 Å². The first-order valence-electron chi connectivity index (χ1n) is 6.47. The second-order valence-electron chi connectivity index (χ2n) is 4.76. The van der Waals surface area contributed by atoms with E-state index in [2.05, 4.69) is 61.0 Å². The Kier molecular flexibility index (Phi) is 3.69. The summed E-state index contributed by atoms with van der Waals surface area (Å²) >= 11 is 3.40. The zero-order chi connectivity index (χ0) is 13.9. The van der Waals surface area contributed by atoms with E-state index < -0.39 is 0 Å². The number of hydrogen-bond acceptors (Lipinski definition) is 3. The standard InChI is InChI=1S/C15H15BrN4/c1-20(15-5-3-12(16)9-17-15)7-6-11-2-4-13-14(8-11)19-10-18-13/h2-5,8-10H,6-7H2,1H3,(H,18,19). The highest BCUT2D eigenvalue weighted by molar-refractivity contribution is 9.10. The number of H-pyrrole nitrogens is 1. The summed E-state index contributed by atoms with van der Waals surface area (Å²) in [6.07, 6.45) is 4.53. The molecule has 0 aliphatic rings. The monoisotopic (exact) mass is 330 g/mol. The Morgan fingerprint density at radius 3 is 2.90 bits per heavy atom. The molecule has 0 atom stereocenters. The van der Waals surface area contributed by atoms with E-state index in [1.54, 1.807) is 6.33 Å². The average molecular weight is 331 g/mol. The molecule has 3 aromatic rings. The first kappa shape index (κ1) is 13.1. The van der Waals surface area contributed by atoms with Gasteiger partial charge in [-0.15, -0.1) is 0 Å². The molecule has 0 aliphatic carbocycles. The van der Waals surface area contributed by atoms with E-state index in [9.17, 15) is 0 Å². The third-order valence-electron chi connectivity index (χ3n) is 3.32. The number of aromatic nitrogens is 3. The van der Waals surface area contributed by atoms with E-state index >= 15 is 0 Å². The van der Waals surface area contributed by atoms with Crippen LogP contribution in [0.3, 0.4) is 0 Å². The van der Waals surface area contributed by atoms with E-state index in [1.165, 1.54) is 5.56 Å². The Balaban J connectivity index is 1.67. The molecule has 4 nitrogen and oxygen atoms in total. The lowest BCUT2D eigenvalue weighted by atomic mass is 10.1. The molecule has 0 unspecified atom stereocenters. The van der Waals surface area contributed by atoms with E-state index in [-0.39, 0.29) is 0 Å². The number of fused-ring (bicyclic) bond motifs is 1. The van der Waals surface area contributed by atoms with Gasteiger partial charge in [0.15, 0.2) is 0 Å². The van der Waals surface area contributed by atoms with Gasteiger partial charge in [0.25, 0.3) is 0 Å². The Hall–Kier alpha value is -1.88. The zero-order valence-corrected chi connectivity index (χ0v) is 12.8. The van der Waals surface area contributed by atoms with Gasteiger partial charge in [0, 0.05) is 24.3 Å². The molecule has 0 spiro atoms. The van der Waals surface area contributed by atoms with Gasteiger partial charge >= 0.3 is 0 Å². The summed E-state index contributed by atoms with van der Waals surface area (Å²) in [5.74, 6) is 0.982. The predicted molar refractivity (Wildman–Crippen MR) is 85.0 cm³/mol. The van der Waals surface area contributed by atoms with Crippen LogP contribution in [0.2, 0.25) is 0 Å². The third kappa shape index (κ3) is 2.82. The number of nitrogens with one attached hydrogen (secondary N) is 1. The topological polar surface area (TPSA) is 44.8 Å². The summed E-state index contributed by atoms with van der Waals surface area (Å²) in [6, 6.07) is 10.4. The summed E-state index contributed by atoms with van der Waals surface area (Å²) in [5, 5.41) is 0. The van der Waals surface area contributed by atoms with Crippen molar-refractivity contribution in [2.75, 3.05) is 18.5 Å². The smallest absolute Gasteiger partial charge is 0.128 e. The summed E-state index contributed by atoms with van der Waals surface area (Å²) in [5.41, 5.74) is 3.40. The zero-order valence-electron chi connectivity index (χ0n) is 11.2. The van der Waals surface area contributed by atoms with Crippen LogP contribution in [0.1, 0.15) is 5.56 Å². The molecule has 2 heterocycles. The van der Waals surface area contributed by atoms with Gasteiger partial charge in [-0.05, 0) is 52.2 Å². The molecule has 0 fully saturated rings. The van der Waals surface area contributed by atoms with E-state index in [0.29, 0.717) is 0 Å². The minimum absolute atomic E-state index is 0.925. The number of aromatic amines is 1. The Bertz CT molecular complexity index is 705. The van der Waals surface area contributed by atoms with Crippen LogP contribution in [0.25, 0.3) is 11.0 Å². The number of pyridine rings is 1. The first-order chi connectivity index (χ1) is 9.72. The van der Waals surface area contributed by atoms with Crippen molar-refractivity contribution >= 4 is 32.8 Å². The van der Waals surface area contributed by atoms with Crippen molar-refractivity contribution in [1.29, 1.82) is 0 Å².